The summed E-state index contributed by atoms with van der Waals surface area (Å²) in [6.07, 6.45) is 2.11. The molecule has 0 unspecified atom stereocenters. The molecule has 1 fully saturated rings. The van der Waals surface area contributed by atoms with Crippen molar-refractivity contribution >= 4 is 23.5 Å². The lowest BCUT2D eigenvalue weighted by atomic mass is 9.85. The van der Waals surface area contributed by atoms with Crippen LogP contribution in [0.1, 0.15) is 52.7 Å². The van der Waals surface area contributed by atoms with Gasteiger partial charge >= 0.3 is 5.97 Å². The van der Waals surface area contributed by atoms with Crippen LogP contribution in [0.15, 0.2) is 30.3 Å². The Morgan fingerprint density at radius 3 is 2.76 bits per heavy atom. The van der Waals surface area contributed by atoms with Gasteiger partial charge in [-0.15, -0.1) is 0 Å². The molecule has 1 aliphatic carbocycles. The van der Waals surface area contributed by atoms with Crippen LogP contribution >= 0.6 is 0 Å². The number of hydrogen-bond acceptors (Lipinski definition) is 7. The van der Waals surface area contributed by atoms with Crippen molar-refractivity contribution in [2.24, 2.45) is 5.92 Å². The largest absolute Gasteiger partial charge is 0.496 e. The maximum Gasteiger partial charge on any atom is 0.303 e. The van der Waals surface area contributed by atoms with E-state index in [-0.39, 0.29) is 24.2 Å². The Bertz CT molecular complexity index is 1290. The number of nitriles is 1. The first-order chi connectivity index (χ1) is 18.3. The number of nitrogens with zero attached hydrogens (tertiary/aromatic N) is 1. The predicted octanol–water partition coefficient (Wildman–Crippen LogP) is 3.03. The van der Waals surface area contributed by atoms with Gasteiger partial charge in [0.1, 0.15) is 11.5 Å². The van der Waals surface area contributed by atoms with E-state index < -0.39 is 11.4 Å². The molecule has 2 atom stereocenters. The summed E-state index contributed by atoms with van der Waals surface area (Å²) in [7, 11) is 3.05. The number of fused-ring (bicyclic) bond motifs is 2. The van der Waals surface area contributed by atoms with Crippen LogP contribution in [0.5, 0.6) is 11.5 Å². The van der Waals surface area contributed by atoms with E-state index in [9.17, 15) is 19.6 Å². The monoisotopic (exact) mass is 521 g/mol. The topological polar surface area (TPSA) is 147 Å². The number of nitrogens with one attached hydrogen (secondary N) is 2. The quantitative estimate of drug-likeness (QED) is 0.382. The minimum atomic E-state index is -0.884. The molecule has 2 aliphatic rings. The molecule has 1 spiro atoms. The number of methoxy groups -OCH3 is 2. The number of benzene rings is 2. The third-order valence-corrected chi connectivity index (χ3v) is 7.21. The van der Waals surface area contributed by atoms with Crippen LogP contribution in [-0.4, -0.2) is 56.9 Å². The summed E-state index contributed by atoms with van der Waals surface area (Å²) in [5, 5.41) is 24.1. The summed E-state index contributed by atoms with van der Waals surface area (Å²) in [5.74, 6) is -0.738. The third-order valence-electron chi connectivity index (χ3n) is 7.21. The number of carbonyl (C=O) groups is 3. The van der Waals surface area contributed by atoms with Crippen LogP contribution in [0.2, 0.25) is 0 Å². The highest BCUT2D eigenvalue weighted by Crippen LogP contribution is 2.61. The number of carboxylic acid groups (broad SMARTS) is 1. The van der Waals surface area contributed by atoms with Gasteiger partial charge in [0.05, 0.1) is 37.5 Å². The van der Waals surface area contributed by atoms with Crippen molar-refractivity contribution in [2.75, 3.05) is 39.3 Å². The Balaban J connectivity index is 1.57. The molecule has 2 aromatic carbocycles. The second kappa shape index (κ2) is 11.5. The molecule has 3 N–H and O–H groups in total. The molecule has 1 saturated carbocycles. The first-order valence-electron chi connectivity index (χ1n) is 12.5. The van der Waals surface area contributed by atoms with Crippen LogP contribution < -0.4 is 20.1 Å². The molecule has 0 aromatic heterocycles. The van der Waals surface area contributed by atoms with Gasteiger partial charge in [-0.05, 0) is 49.4 Å². The first kappa shape index (κ1) is 26.9. The standard InChI is InChI=1S/C28H31N3O7/c1-36-11-9-30-26(34)19-13-20-24(14-23(19)37-2)38-10-8-28(20)15-21(28)27(35)31-22-12-17(16-29)6-7-18(22)4-3-5-25(32)33/h6-7,12-14,21H,3-5,8-11,15H2,1-2H3,(H,30,34)(H,31,35)(H,32,33)/t21-,28-/m0/s1. The molecule has 10 heteroatoms. The first-order valence-corrected chi connectivity index (χ1v) is 12.5. The van der Waals surface area contributed by atoms with Gasteiger partial charge in [0, 0.05) is 48.7 Å². The van der Waals surface area contributed by atoms with Gasteiger partial charge in [-0.1, -0.05) is 6.07 Å². The fourth-order valence-electron chi connectivity index (χ4n) is 5.11. The second-order valence-electron chi connectivity index (χ2n) is 9.53. The van der Waals surface area contributed by atoms with Crippen molar-refractivity contribution in [1.82, 2.24) is 5.32 Å². The molecule has 4 rings (SSSR count). The number of carboxylic acids is 1. The predicted molar refractivity (Wildman–Crippen MR) is 137 cm³/mol. The van der Waals surface area contributed by atoms with Crippen molar-refractivity contribution in [3.05, 3.63) is 52.6 Å². The number of carbonyl (C=O) groups excluding carboxylic acids is 2. The lowest BCUT2D eigenvalue weighted by Crippen LogP contribution is -2.30. The van der Waals surface area contributed by atoms with Gasteiger partial charge in [-0.2, -0.15) is 5.26 Å². The van der Waals surface area contributed by atoms with Gasteiger partial charge in [0.2, 0.25) is 5.91 Å². The smallest absolute Gasteiger partial charge is 0.303 e. The molecule has 0 saturated heterocycles. The molecule has 200 valence electrons. The van der Waals surface area contributed by atoms with Crippen LogP contribution in [-0.2, 0) is 26.2 Å². The highest BCUT2D eigenvalue weighted by Gasteiger charge is 2.61. The Morgan fingerprint density at radius 1 is 1.24 bits per heavy atom. The number of aryl methyl sites for hydroxylation is 1. The second-order valence-corrected chi connectivity index (χ2v) is 9.53. The summed E-state index contributed by atoms with van der Waals surface area (Å²) in [4.78, 5) is 37.3. The fourth-order valence-corrected chi connectivity index (χ4v) is 5.11. The van der Waals surface area contributed by atoms with Crippen molar-refractivity contribution in [2.45, 2.75) is 37.5 Å². The lowest BCUT2D eigenvalue weighted by Gasteiger charge is -2.28. The molecular formula is C28H31N3O7. The summed E-state index contributed by atoms with van der Waals surface area (Å²) in [6, 6.07) is 10.6. The molecule has 0 bridgehead atoms. The van der Waals surface area contributed by atoms with Crippen LogP contribution in [0.3, 0.4) is 0 Å². The maximum atomic E-state index is 13.5. The molecule has 2 aromatic rings. The Hall–Kier alpha value is -4.10. The zero-order valence-electron chi connectivity index (χ0n) is 21.5. The minimum Gasteiger partial charge on any atom is -0.496 e. The average Bonchev–Trinajstić information content (AvgIpc) is 3.63. The van der Waals surface area contributed by atoms with E-state index in [0.29, 0.717) is 73.8 Å². The van der Waals surface area contributed by atoms with Crippen LogP contribution in [0.25, 0.3) is 0 Å². The van der Waals surface area contributed by atoms with Gasteiger partial charge in [0.15, 0.2) is 0 Å². The summed E-state index contributed by atoms with van der Waals surface area (Å²) < 4.78 is 16.3. The number of aliphatic carboxylic acids is 1. The number of ether oxygens (including phenoxy) is 3. The van der Waals surface area contributed by atoms with Crippen molar-refractivity contribution in [1.29, 1.82) is 5.26 Å². The minimum absolute atomic E-state index is 0.0146. The summed E-state index contributed by atoms with van der Waals surface area (Å²) >= 11 is 0. The summed E-state index contributed by atoms with van der Waals surface area (Å²) in [6.45, 7) is 1.15. The molecule has 2 amide bonds. The van der Waals surface area contributed by atoms with E-state index in [2.05, 4.69) is 16.7 Å². The fraction of sp³-hybridized carbons (Fsp3) is 0.429. The maximum absolute atomic E-state index is 13.5. The number of amides is 2. The van der Waals surface area contributed by atoms with Gasteiger partial charge in [-0.25, -0.2) is 0 Å². The van der Waals surface area contributed by atoms with E-state index >= 15 is 0 Å². The number of anilines is 1. The van der Waals surface area contributed by atoms with Crippen molar-refractivity contribution in [3.8, 4) is 17.6 Å². The van der Waals surface area contributed by atoms with Crippen molar-refractivity contribution in [3.63, 3.8) is 0 Å². The summed E-state index contributed by atoms with van der Waals surface area (Å²) in [5.41, 5.74) is 2.39. The van der Waals surface area contributed by atoms with E-state index in [1.807, 2.05) is 0 Å². The Morgan fingerprint density at radius 2 is 2.05 bits per heavy atom. The highest BCUT2D eigenvalue weighted by molar-refractivity contribution is 5.99. The van der Waals surface area contributed by atoms with E-state index in [0.717, 1.165) is 11.1 Å². The number of hydrogen-bond donors (Lipinski definition) is 3. The van der Waals surface area contributed by atoms with Gasteiger partial charge in [-0.3, -0.25) is 14.4 Å². The molecule has 1 aliphatic heterocycles. The Labute approximate surface area is 220 Å². The zero-order valence-corrected chi connectivity index (χ0v) is 21.5. The molecule has 10 nitrogen and oxygen atoms in total. The van der Waals surface area contributed by atoms with Crippen LogP contribution in [0, 0.1) is 17.2 Å². The third kappa shape index (κ3) is 5.58. The molecule has 0 radical (unpaired) electrons. The highest BCUT2D eigenvalue weighted by atomic mass is 16.5. The van der Waals surface area contributed by atoms with Crippen molar-refractivity contribution < 1.29 is 33.7 Å². The SMILES string of the molecule is COCCNC(=O)c1cc2c(cc1OC)OCC[C@]21C[C@H]1C(=O)Nc1cc(C#N)ccc1CCCC(=O)O. The van der Waals surface area contributed by atoms with E-state index in [1.54, 1.807) is 37.4 Å². The molecule has 1 heterocycles. The van der Waals surface area contributed by atoms with E-state index in [4.69, 9.17) is 19.3 Å². The zero-order chi connectivity index (χ0) is 27.3. The normalized spacial score (nSPS) is 19.0. The van der Waals surface area contributed by atoms with Crippen LogP contribution in [0.4, 0.5) is 5.69 Å². The lowest BCUT2D eigenvalue weighted by molar-refractivity contribution is -0.137. The average molecular weight is 522 g/mol. The molecular weight excluding hydrogens is 490 g/mol. The van der Waals surface area contributed by atoms with Gasteiger partial charge in [0.25, 0.3) is 5.91 Å². The van der Waals surface area contributed by atoms with E-state index in [1.165, 1.54) is 7.11 Å². The number of rotatable bonds is 11. The molecule has 38 heavy (non-hydrogen) atoms. The van der Waals surface area contributed by atoms with Gasteiger partial charge < -0.3 is 30.0 Å². The Kier molecular flexibility index (Phi) is 8.17.